The molecule has 1 atom stereocenters. The van der Waals surface area contributed by atoms with Crippen LogP contribution in [0, 0.1) is 5.92 Å². The number of hydrogen-bond acceptors (Lipinski definition) is 3. The second kappa shape index (κ2) is 6.33. The highest BCUT2D eigenvalue weighted by atomic mass is 79.9. The second-order valence-corrected chi connectivity index (χ2v) is 6.91. The van der Waals surface area contributed by atoms with Crippen molar-refractivity contribution in [1.29, 1.82) is 0 Å². The fraction of sp³-hybridized carbons (Fsp3) is 0.167. The van der Waals surface area contributed by atoms with E-state index in [2.05, 4.69) is 31.4 Å². The lowest BCUT2D eigenvalue weighted by molar-refractivity contribution is -0.122. The molecule has 4 rings (SSSR count). The van der Waals surface area contributed by atoms with Crippen LogP contribution >= 0.6 is 15.9 Å². The maximum atomic E-state index is 12.5. The number of halogens is 1. The van der Waals surface area contributed by atoms with E-state index < -0.39 is 5.92 Å². The van der Waals surface area contributed by atoms with E-state index in [0.717, 1.165) is 15.4 Å². The zero-order chi connectivity index (χ0) is 17.4. The van der Waals surface area contributed by atoms with E-state index in [-0.39, 0.29) is 18.2 Å². The number of H-pyrrole nitrogens is 1. The van der Waals surface area contributed by atoms with Crippen LogP contribution in [0.25, 0.3) is 10.9 Å². The summed E-state index contributed by atoms with van der Waals surface area (Å²) in [5.41, 5.74) is 1.58. The van der Waals surface area contributed by atoms with Crippen molar-refractivity contribution in [2.45, 2.75) is 6.42 Å². The van der Waals surface area contributed by atoms with E-state index in [1.165, 1.54) is 0 Å². The van der Waals surface area contributed by atoms with E-state index in [1.54, 1.807) is 4.90 Å². The van der Waals surface area contributed by atoms with Crippen molar-refractivity contribution in [3.63, 3.8) is 0 Å². The molecule has 1 aliphatic heterocycles. The number of fused-ring (bicyclic) bond motifs is 1. The molecule has 1 fully saturated rings. The summed E-state index contributed by atoms with van der Waals surface area (Å²) in [7, 11) is 0. The third-order valence-electron chi connectivity index (χ3n) is 4.31. The van der Waals surface area contributed by atoms with Crippen LogP contribution in [0.2, 0.25) is 0 Å². The Kier molecular flexibility index (Phi) is 4.01. The molecule has 2 N–H and O–H groups in total. The predicted octanol–water partition coefficient (Wildman–Crippen LogP) is 3.32. The van der Waals surface area contributed by atoms with Gasteiger partial charge in [0, 0.05) is 28.5 Å². The van der Waals surface area contributed by atoms with Crippen LogP contribution in [0.1, 0.15) is 6.42 Å². The number of para-hydroxylation sites is 1. The van der Waals surface area contributed by atoms with Gasteiger partial charge in [-0.05, 0) is 36.4 Å². The first-order valence-corrected chi connectivity index (χ1v) is 8.71. The molecule has 7 heteroatoms. The molecule has 25 heavy (non-hydrogen) atoms. The minimum atomic E-state index is -0.397. The molecule has 1 aliphatic rings. The Hall–Kier alpha value is -2.67. The first-order valence-electron chi connectivity index (χ1n) is 7.92. The van der Waals surface area contributed by atoms with Crippen molar-refractivity contribution in [3.8, 4) is 0 Å². The van der Waals surface area contributed by atoms with Gasteiger partial charge in [0.15, 0.2) is 5.82 Å². The van der Waals surface area contributed by atoms with E-state index in [0.29, 0.717) is 18.1 Å². The normalized spacial score (nSPS) is 17.2. The van der Waals surface area contributed by atoms with Gasteiger partial charge in [-0.3, -0.25) is 19.6 Å². The first-order chi connectivity index (χ1) is 12.1. The molecule has 0 unspecified atom stereocenters. The molecule has 1 saturated heterocycles. The van der Waals surface area contributed by atoms with Crippen molar-refractivity contribution in [3.05, 3.63) is 53.0 Å². The summed E-state index contributed by atoms with van der Waals surface area (Å²) >= 11 is 3.36. The molecule has 2 amide bonds. The average Bonchev–Trinajstić information content (AvgIpc) is 3.20. The van der Waals surface area contributed by atoms with Crippen LogP contribution in [-0.4, -0.2) is 28.6 Å². The Bertz CT molecular complexity index is 951. The highest BCUT2D eigenvalue weighted by Gasteiger charge is 2.36. The molecule has 0 bridgehead atoms. The number of nitrogens with zero attached hydrogens (tertiary/aromatic N) is 2. The van der Waals surface area contributed by atoms with Crippen LogP contribution in [-0.2, 0) is 9.59 Å². The molecule has 2 heterocycles. The molecule has 0 radical (unpaired) electrons. The van der Waals surface area contributed by atoms with Gasteiger partial charge in [-0.25, -0.2) is 0 Å². The number of aromatic nitrogens is 2. The molecular weight excluding hydrogens is 384 g/mol. The minimum Gasteiger partial charge on any atom is -0.326 e. The lowest BCUT2D eigenvalue weighted by Crippen LogP contribution is -2.28. The third kappa shape index (κ3) is 3.02. The maximum Gasteiger partial charge on any atom is 0.229 e. The number of carbonyl (C=O) groups excluding carboxylic acids is 2. The lowest BCUT2D eigenvalue weighted by Gasteiger charge is -2.14. The maximum absolute atomic E-state index is 12.5. The number of anilines is 2. The van der Waals surface area contributed by atoms with E-state index in [4.69, 9.17) is 0 Å². The first kappa shape index (κ1) is 15.8. The number of benzene rings is 2. The largest absolute Gasteiger partial charge is 0.326 e. The van der Waals surface area contributed by atoms with Crippen LogP contribution < -0.4 is 10.2 Å². The van der Waals surface area contributed by atoms with Gasteiger partial charge in [0.1, 0.15) is 0 Å². The Morgan fingerprint density at radius 1 is 1.20 bits per heavy atom. The fourth-order valence-corrected chi connectivity index (χ4v) is 3.28. The second-order valence-electron chi connectivity index (χ2n) is 5.99. The molecule has 0 saturated carbocycles. The molecule has 0 aliphatic carbocycles. The van der Waals surface area contributed by atoms with Gasteiger partial charge in [0.05, 0.1) is 11.4 Å². The number of amides is 2. The van der Waals surface area contributed by atoms with Crippen molar-refractivity contribution in [2.24, 2.45) is 5.92 Å². The van der Waals surface area contributed by atoms with Gasteiger partial charge in [0.2, 0.25) is 11.8 Å². The smallest absolute Gasteiger partial charge is 0.229 e. The average molecular weight is 399 g/mol. The topological polar surface area (TPSA) is 78.1 Å². The summed E-state index contributed by atoms with van der Waals surface area (Å²) in [6.45, 7) is 0.329. The van der Waals surface area contributed by atoms with Crippen LogP contribution in [0.5, 0.6) is 0 Å². The van der Waals surface area contributed by atoms with Crippen molar-refractivity contribution < 1.29 is 9.59 Å². The van der Waals surface area contributed by atoms with Gasteiger partial charge < -0.3 is 5.32 Å². The fourth-order valence-electron chi connectivity index (χ4n) is 3.02. The Labute approximate surface area is 152 Å². The Morgan fingerprint density at radius 2 is 1.96 bits per heavy atom. The zero-order valence-corrected chi connectivity index (χ0v) is 14.8. The highest BCUT2D eigenvalue weighted by Crippen LogP contribution is 2.30. The molecular formula is C18H15BrN4O2. The van der Waals surface area contributed by atoms with Gasteiger partial charge in [0.25, 0.3) is 0 Å². The summed E-state index contributed by atoms with van der Waals surface area (Å²) < 4.78 is 0.943. The van der Waals surface area contributed by atoms with Gasteiger partial charge >= 0.3 is 0 Å². The van der Waals surface area contributed by atoms with Crippen LogP contribution in [0.3, 0.4) is 0 Å². The number of carbonyl (C=O) groups is 2. The molecule has 6 nitrogen and oxygen atoms in total. The van der Waals surface area contributed by atoms with Gasteiger partial charge in [-0.1, -0.05) is 28.1 Å². The summed E-state index contributed by atoms with van der Waals surface area (Å²) in [6, 6.07) is 15.0. The van der Waals surface area contributed by atoms with Crippen LogP contribution in [0.15, 0.2) is 53.0 Å². The third-order valence-corrected chi connectivity index (χ3v) is 4.84. The molecule has 0 spiro atoms. The highest BCUT2D eigenvalue weighted by molar-refractivity contribution is 9.10. The van der Waals surface area contributed by atoms with E-state index >= 15 is 0 Å². The van der Waals surface area contributed by atoms with E-state index in [1.807, 2.05) is 48.5 Å². The van der Waals surface area contributed by atoms with Gasteiger partial charge in [-0.15, -0.1) is 0 Å². The molecule has 2 aromatic carbocycles. The number of hydrogen-bond donors (Lipinski definition) is 2. The van der Waals surface area contributed by atoms with Crippen molar-refractivity contribution in [1.82, 2.24) is 10.2 Å². The molecule has 3 aromatic rings. The predicted molar refractivity (Wildman–Crippen MR) is 99.3 cm³/mol. The van der Waals surface area contributed by atoms with Gasteiger partial charge in [-0.2, -0.15) is 5.10 Å². The SMILES string of the molecule is O=C(Nc1ccc(Br)cc1)[C@H]1CC(=O)N(c2n[nH]c3ccccc23)C1. The summed E-state index contributed by atoms with van der Waals surface area (Å²) in [5, 5.41) is 10.9. The molecule has 1 aromatic heterocycles. The standard InChI is InChI=1S/C18H15BrN4O2/c19-12-5-7-13(8-6-12)20-18(25)11-9-16(24)23(10-11)17-14-3-1-2-4-15(14)21-22-17/h1-8,11H,9-10H2,(H,20,25)(H,21,22)/t11-/m0/s1. The molecule has 126 valence electrons. The summed E-state index contributed by atoms with van der Waals surface area (Å²) in [4.78, 5) is 26.5. The number of aromatic amines is 1. The quantitative estimate of drug-likeness (QED) is 0.710. The Morgan fingerprint density at radius 3 is 2.76 bits per heavy atom. The monoisotopic (exact) mass is 398 g/mol. The van der Waals surface area contributed by atoms with Crippen molar-refractivity contribution in [2.75, 3.05) is 16.8 Å². The Balaban J connectivity index is 1.52. The van der Waals surface area contributed by atoms with Crippen molar-refractivity contribution >= 4 is 50.2 Å². The number of rotatable bonds is 3. The zero-order valence-electron chi connectivity index (χ0n) is 13.2. The summed E-state index contributed by atoms with van der Waals surface area (Å²) in [5.74, 6) is -0.0580. The lowest BCUT2D eigenvalue weighted by atomic mass is 10.1. The van der Waals surface area contributed by atoms with E-state index in [9.17, 15) is 9.59 Å². The minimum absolute atomic E-state index is 0.0896. The number of nitrogens with one attached hydrogen (secondary N) is 2. The van der Waals surface area contributed by atoms with Crippen LogP contribution in [0.4, 0.5) is 11.5 Å². The summed E-state index contributed by atoms with van der Waals surface area (Å²) in [6.07, 6.45) is 0.184.